The van der Waals surface area contributed by atoms with Gasteiger partial charge in [0.25, 0.3) is 5.56 Å². The molecule has 1 aromatic heterocycles. The van der Waals surface area contributed by atoms with Gasteiger partial charge in [0.2, 0.25) is 5.95 Å². The molecule has 0 fully saturated rings. The van der Waals surface area contributed by atoms with E-state index >= 15 is 0 Å². The van der Waals surface area contributed by atoms with Crippen molar-refractivity contribution in [2.45, 2.75) is 12.8 Å². The molecule has 7 heteroatoms. The molecule has 0 atom stereocenters. The highest BCUT2D eigenvalue weighted by Gasteiger charge is 2.06. The third-order valence-electron chi connectivity index (χ3n) is 3.12. The smallest absolute Gasteiger partial charge is 0.274 e. The van der Waals surface area contributed by atoms with E-state index < -0.39 is 0 Å². The van der Waals surface area contributed by atoms with Gasteiger partial charge in [-0.25, -0.2) is 0 Å². The summed E-state index contributed by atoms with van der Waals surface area (Å²) < 4.78 is 0. The second-order valence-electron chi connectivity index (χ2n) is 5.34. The van der Waals surface area contributed by atoms with Crippen LogP contribution < -0.4 is 10.9 Å². The third-order valence-corrected chi connectivity index (χ3v) is 3.38. The molecule has 0 aliphatic carbocycles. The van der Waals surface area contributed by atoms with Crippen LogP contribution in [0.4, 0.5) is 5.95 Å². The van der Waals surface area contributed by atoms with Gasteiger partial charge in [-0.3, -0.25) is 9.78 Å². The van der Waals surface area contributed by atoms with E-state index in [1.807, 2.05) is 26.2 Å². The van der Waals surface area contributed by atoms with Gasteiger partial charge < -0.3 is 10.2 Å². The molecule has 2 aromatic rings. The minimum Gasteiger partial charge on any atom is -0.354 e. The van der Waals surface area contributed by atoms with Crippen molar-refractivity contribution in [2.75, 3.05) is 32.5 Å². The number of hydrogen-bond donors (Lipinski definition) is 2. The van der Waals surface area contributed by atoms with E-state index in [9.17, 15) is 4.79 Å². The number of rotatable bonds is 7. The first-order valence-electron chi connectivity index (χ1n) is 7.13. The first kappa shape index (κ1) is 16.5. The number of benzene rings is 1. The van der Waals surface area contributed by atoms with Crippen LogP contribution in [0, 0.1) is 0 Å². The fraction of sp³-hybridized carbons (Fsp3) is 0.400. The van der Waals surface area contributed by atoms with Gasteiger partial charge in [0.1, 0.15) is 5.69 Å². The topological polar surface area (TPSA) is 73.9 Å². The van der Waals surface area contributed by atoms with E-state index in [0.717, 1.165) is 25.1 Å². The molecule has 0 aliphatic heterocycles. The Balaban J connectivity index is 1.94. The maximum atomic E-state index is 12.0. The fourth-order valence-corrected chi connectivity index (χ4v) is 2.08. The maximum Gasteiger partial charge on any atom is 0.274 e. The number of nitrogens with one attached hydrogen (secondary N) is 2. The average Bonchev–Trinajstić information content (AvgIpc) is 2.48. The molecule has 2 rings (SSSR count). The quantitative estimate of drug-likeness (QED) is 0.760. The largest absolute Gasteiger partial charge is 0.354 e. The number of nitrogens with zero attached hydrogens (tertiary/aromatic N) is 3. The van der Waals surface area contributed by atoms with Crippen LogP contribution in [0.25, 0.3) is 0 Å². The van der Waals surface area contributed by atoms with Crippen molar-refractivity contribution in [3.05, 3.63) is 50.9 Å². The lowest BCUT2D eigenvalue weighted by atomic mass is 10.1. The molecule has 0 aliphatic rings. The van der Waals surface area contributed by atoms with E-state index in [1.54, 1.807) is 12.1 Å². The lowest BCUT2D eigenvalue weighted by molar-refractivity contribution is 0.405. The number of hydrogen-bond acceptors (Lipinski definition) is 5. The highest BCUT2D eigenvalue weighted by molar-refractivity contribution is 6.30. The molecule has 118 valence electrons. The number of anilines is 1. The lowest BCUT2D eigenvalue weighted by Crippen LogP contribution is -2.21. The van der Waals surface area contributed by atoms with Crippen LogP contribution in [0.5, 0.6) is 0 Å². The summed E-state index contributed by atoms with van der Waals surface area (Å²) >= 11 is 5.84. The molecule has 0 saturated heterocycles. The predicted molar refractivity (Wildman–Crippen MR) is 88.6 cm³/mol. The van der Waals surface area contributed by atoms with Crippen LogP contribution >= 0.6 is 11.6 Å². The van der Waals surface area contributed by atoms with Crippen molar-refractivity contribution in [3.63, 3.8) is 0 Å². The molecular formula is C15H20ClN5O. The van der Waals surface area contributed by atoms with Crippen molar-refractivity contribution in [3.8, 4) is 0 Å². The highest BCUT2D eigenvalue weighted by atomic mass is 35.5. The second-order valence-corrected chi connectivity index (χ2v) is 5.77. The van der Waals surface area contributed by atoms with Gasteiger partial charge in [-0.05, 0) is 44.8 Å². The van der Waals surface area contributed by atoms with Crippen molar-refractivity contribution < 1.29 is 0 Å². The van der Waals surface area contributed by atoms with Crippen molar-refractivity contribution in [1.29, 1.82) is 0 Å². The summed E-state index contributed by atoms with van der Waals surface area (Å²) in [6.07, 6.45) is 1.39. The Kier molecular flexibility index (Phi) is 5.91. The minimum atomic E-state index is -0.222. The van der Waals surface area contributed by atoms with E-state index in [1.165, 1.54) is 0 Å². The van der Waals surface area contributed by atoms with Crippen LogP contribution in [-0.4, -0.2) is 47.3 Å². The lowest BCUT2D eigenvalue weighted by Gasteiger charge is -2.09. The van der Waals surface area contributed by atoms with Crippen LogP contribution in [0.3, 0.4) is 0 Å². The Morgan fingerprint density at radius 3 is 2.59 bits per heavy atom. The van der Waals surface area contributed by atoms with Crippen LogP contribution in [0.15, 0.2) is 29.1 Å². The van der Waals surface area contributed by atoms with Gasteiger partial charge in [-0.2, -0.15) is 0 Å². The number of aromatic nitrogens is 3. The highest BCUT2D eigenvalue weighted by Crippen LogP contribution is 2.11. The summed E-state index contributed by atoms with van der Waals surface area (Å²) in [4.78, 5) is 16.8. The van der Waals surface area contributed by atoms with Crippen molar-refractivity contribution in [2.24, 2.45) is 0 Å². The third kappa shape index (κ3) is 5.13. The van der Waals surface area contributed by atoms with E-state index in [-0.39, 0.29) is 5.56 Å². The Hall–Kier alpha value is -1.92. The zero-order chi connectivity index (χ0) is 15.9. The van der Waals surface area contributed by atoms with Gasteiger partial charge in [0, 0.05) is 18.0 Å². The second kappa shape index (κ2) is 7.91. The monoisotopic (exact) mass is 321 g/mol. The number of halogens is 1. The standard InChI is InChI=1S/C15H20ClN5O/c1-21(2)9-3-8-17-15-18-14(22)13(19-20-15)10-11-4-6-12(16)7-5-11/h4-7H,3,8-10H2,1-2H3,(H2,17,18,20,22). The summed E-state index contributed by atoms with van der Waals surface area (Å²) in [5.41, 5.74) is 1.14. The van der Waals surface area contributed by atoms with Gasteiger partial charge in [-0.1, -0.05) is 23.7 Å². The van der Waals surface area contributed by atoms with E-state index in [0.29, 0.717) is 23.1 Å². The Morgan fingerprint density at radius 2 is 1.95 bits per heavy atom. The zero-order valence-corrected chi connectivity index (χ0v) is 13.5. The van der Waals surface area contributed by atoms with Crippen molar-refractivity contribution >= 4 is 17.5 Å². The Labute approximate surface area is 134 Å². The Bertz CT molecular complexity index is 654. The van der Waals surface area contributed by atoms with Crippen LogP contribution in [0.1, 0.15) is 17.7 Å². The fourth-order valence-electron chi connectivity index (χ4n) is 1.95. The molecule has 1 heterocycles. The Morgan fingerprint density at radius 1 is 1.23 bits per heavy atom. The number of H-pyrrole nitrogens is 1. The van der Waals surface area contributed by atoms with E-state index in [4.69, 9.17) is 11.6 Å². The molecule has 0 bridgehead atoms. The maximum absolute atomic E-state index is 12.0. The molecule has 0 saturated carbocycles. The minimum absolute atomic E-state index is 0.222. The normalized spacial score (nSPS) is 10.9. The summed E-state index contributed by atoms with van der Waals surface area (Å²) in [7, 11) is 4.04. The molecule has 0 radical (unpaired) electrons. The molecule has 0 spiro atoms. The van der Waals surface area contributed by atoms with Crippen LogP contribution in [-0.2, 0) is 6.42 Å². The molecule has 2 N–H and O–H groups in total. The van der Waals surface area contributed by atoms with Crippen LogP contribution in [0.2, 0.25) is 5.02 Å². The van der Waals surface area contributed by atoms with Gasteiger partial charge >= 0.3 is 0 Å². The summed E-state index contributed by atoms with van der Waals surface area (Å²) in [5, 5.41) is 11.8. The first-order valence-corrected chi connectivity index (χ1v) is 7.51. The van der Waals surface area contributed by atoms with Crippen molar-refractivity contribution in [1.82, 2.24) is 20.1 Å². The molecule has 1 aromatic carbocycles. The molecule has 0 amide bonds. The van der Waals surface area contributed by atoms with Gasteiger partial charge in [0.05, 0.1) is 0 Å². The summed E-state index contributed by atoms with van der Waals surface area (Å²) in [6.45, 7) is 1.71. The molecule has 6 nitrogen and oxygen atoms in total. The average molecular weight is 322 g/mol. The summed E-state index contributed by atoms with van der Waals surface area (Å²) in [5.74, 6) is 0.406. The molecule has 0 unspecified atom stereocenters. The molecular weight excluding hydrogens is 302 g/mol. The number of aromatic amines is 1. The SMILES string of the molecule is CN(C)CCCNc1nnc(Cc2ccc(Cl)cc2)c(=O)[nH]1. The summed E-state index contributed by atoms with van der Waals surface area (Å²) in [6, 6.07) is 7.33. The zero-order valence-electron chi connectivity index (χ0n) is 12.8. The van der Waals surface area contributed by atoms with Gasteiger partial charge in [0.15, 0.2) is 0 Å². The van der Waals surface area contributed by atoms with E-state index in [2.05, 4.69) is 25.4 Å². The molecule has 22 heavy (non-hydrogen) atoms. The first-order chi connectivity index (χ1) is 10.5. The van der Waals surface area contributed by atoms with Gasteiger partial charge in [-0.15, -0.1) is 10.2 Å². The predicted octanol–water partition coefficient (Wildman–Crippen LogP) is 1.77.